The number of fused-ring (bicyclic) bond motifs is 1. The predicted octanol–water partition coefficient (Wildman–Crippen LogP) is -0.00130. The maximum atomic E-state index is 12.9. The highest BCUT2D eigenvalue weighted by atomic mass is 79.9. The molecule has 1 N–H and O–H groups in total. The fourth-order valence-electron chi connectivity index (χ4n) is 2.88. The molecule has 0 aliphatic carbocycles. The quantitative estimate of drug-likeness (QED) is 0.366. The molecule has 0 spiro atoms. The number of nitrogens with one attached hydrogen (secondary N) is 1. The number of carbonyl (C=O) groups is 1. The van der Waals surface area contributed by atoms with E-state index in [1.165, 1.54) is 0 Å². The normalized spacial score (nSPS) is 10.4. The van der Waals surface area contributed by atoms with Gasteiger partial charge in [0, 0.05) is 19.2 Å². The molecule has 7 nitrogen and oxygen atoms in total. The number of halogens is 1. The van der Waals surface area contributed by atoms with Crippen LogP contribution < -0.4 is 31.8 Å². The Labute approximate surface area is 174 Å². The minimum atomic E-state index is -0.0473. The fraction of sp³-hybridized carbons (Fsp3) is 0.300. The highest BCUT2D eigenvalue weighted by molar-refractivity contribution is 5.97. The number of ether oxygens (including phenoxy) is 3. The number of carbonyl (C=O) groups excluding carboxylic acids is 1. The molecule has 0 unspecified atom stereocenters. The molecule has 0 atom stereocenters. The third-order valence-corrected chi connectivity index (χ3v) is 4.25. The van der Waals surface area contributed by atoms with Crippen LogP contribution in [0.15, 0.2) is 42.5 Å². The Bertz CT molecular complexity index is 942. The number of benzene rings is 2. The van der Waals surface area contributed by atoms with E-state index in [2.05, 4.69) is 10.3 Å². The van der Waals surface area contributed by atoms with Gasteiger partial charge in [-0.25, -0.2) is 4.98 Å². The standard InChI is InChI=1S/C20H23N3O4.BrH/c1-25-11-10-21-20-22-15-6-4-5-7-16(15)23(20)13-17(24)14-8-9-18(26-2)19(12-14)27-3;/h4-9,12H,10-11,13H2,1-3H3,(H,21,22);1H/p-1. The minimum Gasteiger partial charge on any atom is -1.00 e. The molecule has 2 aromatic carbocycles. The molecule has 0 aliphatic rings. The van der Waals surface area contributed by atoms with E-state index in [1.54, 1.807) is 39.5 Å². The number of anilines is 1. The van der Waals surface area contributed by atoms with Gasteiger partial charge in [0.1, 0.15) is 0 Å². The first kappa shape index (κ1) is 21.7. The number of para-hydroxylation sites is 2. The molecular weight excluding hydrogens is 426 g/mol. The highest BCUT2D eigenvalue weighted by Gasteiger charge is 2.16. The van der Waals surface area contributed by atoms with Crippen molar-refractivity contribution < 1.29 is 36.0 Å². The number of rotatable bonds is 9. The van der Waals surface area contributed by atoms with E-state index < -0.39 is 0 Å². The van der Waals surface area contributed by atoms with Gasteiger partial charge in [-0.3, -0.25) is 4.79 Å². The fourth-order valence-corrected chi connectivity index (χ4v) is 2.88. The van der Waals surface area contributed by atoms with Gasteiger partial charge in [0.2, 0.25) is 5.95 Å². The van der Waals surface area contributed by atoms with E-state index in [1.807, 2.05) is 28.8 Å². The Morgan fingerprint density at radius 2 is 1.82 bits per heavy atom. The number of hydrogen-bond donors (Lipinski definition) is 1. The third kappa shape index (κ3) is 4.63. The van der Waals surface area contributed by atoms with Crippen molar-refractivity contribution in [2.24, 2.45) is 0 Å². The Morgan fingerprint density at radius 3 is 2.54 bits per heavy atom. The maximum Gasteiger partial charge on any atom is 0.204 e. The molecule has 3 rings (SSSR count). The van der Waals surface area contributed by atoms with Crippen LogP contribution >= 0.6 is 0 Å². The summed E-state index contributed by atoms with van der Waals surface area (Å²) in [5.74, 6) is 1.71. The molecule has 0 amide bonds. The van der Waals surface area contributed by atoms with Crippen molar-refractivity contribution in [2.45, 2.75) is 6.54 Å². The van der Waals surface area contributed by atoms with E-state index >= 15 is 0 Å². The van der Waals surface area contributed by atoms with Crippen molar-refractivity contribution in [3.8, 4) is 11.5 Å². The van der Waals surface area contributed by atoms with Crippen molar-refractivity contribution in [3.63, 3.8) is 0 Å². The number of ketones is 1. The zero-order chi connectivity index (χ0) is 19.2. The van der Waals surface area contributed by atoms with E-state index in [0.29, 0.717) is 36.2 Å². The van der Waals surface area contributed by atoms with Crippen LogP contribution in [0, 0.1) is 0 Å². The molecule has 28 heavy (non-hydrogen) atoms. The van der Waals surface area contributed by atoms with Crippen molar-refractivity contribution in [1.29, 1.82) is 0 Å². The molecule has 3 aromatic rings. The molecule has 1 aromatic heterocycles. The van der Waals surface area contributed by atoms with Gasteiger partial charge in [-0.15, -0.1) is 0 Å². The maximum absolute atomic E-state index is 12.9. The summed E-state index contributed by atoms with van der Waals surface area (Å²) in [5, 5.41) is 3.23. The van der Waals surface area contributed by atoms with Crippen LogP contribution in [0.2, 0.25) is 0 Å². The summed E-state index contributed by atoms with van der Waals surface area (Å²) in [6.07, 6.45) is 0. The molecule has 8 heteroatoms. The van der Waals surface area contributed by atoms with Gasteiger partial charge in [-0.05, 0) is 30.3 Å². The largest absolute Gasteiger partial charge is 1.00 e. The van der Waals surface area contributed by atoms with Gasteiger partial charge in [0.25, 0.3) is 0 Å². The summed E-state index contributed by atoms with van der Waals surface area (Å²) in [6, 6.07) is 12.9. The van der Waals surface area contributed by atoms with Gasteiger partial charge in [-0.1, -0.05) is 12.1 Å². The molecule has 0 fully saturated rings. The summed E-state index contributed by atoms with van der Waals surface area (Å²) in [7, 11) is 4.76. The van der Waals surface area contributed by atoms with Crippen molar-refractivity contribution in [3.05, 3.63) is 48.0 Å². The van der Waals surface area contributed by atoms with Crippen LogP contribution in [0.5, 0.6) is 11.5 Å². The lowest BCUT2D eigenvalue weighted by Crippen LogP contribution is -3.00. The molecule has 1 heterocycles. The van der Waals surface area contributed by atoms with E-state index in [4.69, 9.17) is 14.2 Å². The highest BCUT2D eigenvalue weighted by Crippen LogP contribution is 2.28. The van der Waals surface area contributed by atoms with Crippen LogP contribution in [-0.4, -0.2) is 49.8 Å². The SMILES string of the molecule is COCCNc1nc2ccccc2n1CC(=O)c1ccc(OC)c(OC)c1.[Br-]. The third-order valence-electron chi connectivity index (χ3n) is 4.25. The lowest BCUT2D eigenvalue weighted by Gasteiger charge is -2.12. The molecule has 0 saturated heterocycles. The van der Waals surface area contributed by atoms with E-state index in [9.17, 15) is 4.79 Å². The van der Waals surface area contributed by atoms with E-state index in [0.717, 1.165) is 11.0 Å². The zero-order valence-corrected chi connectivity index (χ0v) is 17.7. The van der Waals surface area contributed by atoms with Crippen LogP contribution in [0.25, 0.3) is 11.0 Å². The van der Waals surface area contributed by atoms with Gasteiger partial charge in [0.15, 0.2) is 17.3 Å². The molecular formula is C20H23BrN3O4-. The lowest BCUT2D eigenvalue weighted by atomic mass is 10.1. The average Bonchev–Trinajstić information content (AvgIpc) is 3.05. The number of hydrogen-bond acceptors (Lipinski definition) is 6. The number of aromatic nitrogens is 2. The summed E-state index contributed by atoms with van der Waals surface area (Å²) >= 11 is 0. The monoisotopic (exact) mass is 448 g/mol. The summed E-state index contributed by atoms with van der Waals surface area (Å²) < 4.78 is 17.5. The van der Waals surface area contributed by atoms with Crippen LogP contribution in [0.3, 0.4) is 0 Å². The van der Waals surface area contributed by atoms with Gasteiger partial charge < -0.3 is 41.1 Å². The number of Topliss-reactive ketones (excluding diaryl/α,β-unsaturated/α-hetero) is 1. The Hall–Kier alpha value is -2.58. The van der Waals surface area contributed by atoms with Gasteiger partial charge >= 0.3 is 0 Å². The Kier molecular flexibility index (Phi) is 7.83. The van der Waals surface area contributed by atoms with Crippen LogP contribution in [0.1, 0.15) is 10.4 Å². The molecule has 150 valence electrons. The predicted molar refractivity (Wildman–Crippen MR) is 104 cm³/mol. The second-order valence-corrected chi connectivity index (χ2v) is 5.92. The molecule has 0 aliphatic heterocycles. The number of nitrogens with zero attached hydrogens (tertiary/aromatic N) is 2. The van der Waals surface area contributed by atoms with Crippen LogP contribution in [0.4, 0.5) is 5.95 Å². The van der Waals surface area contributed by atoms with Crippen molar-refractivity contribution in [1.82, 2.24) is 9.55 Å². The van der Waals surface area contributed by atoms with Gasteiger partial charge in [-0.2, -0.15) is 0 Å². The second kappa shape index (κ2) is 10.1. The van der Waals surface area contributed by atoms with Gasteiger partial charge in [0.05, 0.1) is 38.4 Å². The first-order valence-corrected chi connectivity index (χ1v) is 8.61. The first-order valence-electron chi connectivity index (χ1n) is 8.61. The van der Waals surface area contributed by atoms with Crippen molar-refractivity contribution >= 4 is 22.8 Å². The Balaban J connectivity index is 0.00000280. The number of methoxy groups -OCH3 is 3. The zero-order valence-electron chi connectivity index (χ0n) is 16.1. The minimum absolute atomic E-state index is 0. The van der Waals surface area contributed by atoms with Crippen LogP contribution in [-0.2, 0) is 11.3 Å². The second-order valence-electron chi connectivity index (χ2n) is 5.92. The van der Waals surface area contributed by atoms with E-state index in [-0.39, 0.29) is 29.3 Å². The molecule has 0 bridgehead atoms. The summed E-state index contributed by atoms with van der Waals surface area (Å²) in [6.45, 7) is 1.31. The molecule has 0 radical (unpaired) electrons. The topological polar surface area (TPSA) is 74.6 Å². The molecule has 0 saturated carbocycles. The lowest BCUT2D eigenvalue weighted by molar-refractivity contribution is -0.0000142. The Morgan fingerprint density at radius 1 is 1.07 bits per heavy atom. The number of imidazole rings is 1. The smallest absolute Gasteiger partial charge is 0.204 e. The average molecular weight is 449 g/mol. The summed E-state index contributed by atoms with van der Waals surface area (Å²) in [5.41, 5.74) is 2.28. The first-order chi connectivity index (χ1) is 13.2. The van der Waals surface area contributed by atoms with Crippen molar-refractivity contribution in [2.75, 3.05) is 39.8 Å². The summed E-state index contributed by atoms with van der Waals surface area (Å²) in [4.78, 5) is 17.5.